The van der Waals surface area contributed by atoms with E-state index in [9.17, 15) is 8.42 Å². The molecular formula is C13H16N2O3S. The van der Waals surface area contributed by atoms with E-state index in [1.807, 2.05) is 0 Å². The highest BCUT2D eigenvalue weighted by molar-refractivity contribution is 7.89. The van der Waals surface area contributed by atoms with Crippen LogP contribution in [0.3, 0.4) is 0 Å². The summed E-state index contributed by atoms with van der Waals surface area (Å²) < 4.78 is 31.4. The van der Waals surface area contributed by atoms with Gasteiger partial charge in [-0.2, -0.15) is 4.31 Å². The number of sulfonamides is 1. The zero-order valence-electron chi connectivity index (χ0n) is 10.8. The molecule has 0 bridgehead atoms. The van der Waals surface area contributed by atoms with Crippen molar-refractivity contribution in [2.24, 2.45) is 0 Å². The number of hydrogen-bond donors (Lipinski definition) is 1. The van der Waals surface area contributed by atoms with Crippen LogP contribution in [0.2, 0.25) is 0 Å². The van der Waals surface area contributed by atoms with E-state index in [-0.39, 0.29) is 17.1 Å². The minimum Gasteiger partial charge on any atom is -0.468 e. The first-order chi connectivity index (χ1) is 8.93. The molecule has 2 N–H and O–H groups in total. The lowest BCUT2D eigenvalue weighted by atomic mass is 10.2. The standard InChI is InChI=1S/C13H16N2O3S/c1-10-5-3-7-12(14)13(10)19(16,17)15(2)9-11-6-4-8-18-11/h3-8H,9,14H2,1-2H3. The van der Waals surface area contributed by atoms with Crippen LogP contribution in [0.25, 0.3) is 0 Å². The predicted octanol–water partition coefficient (Wildman–Crippen LogP) is 1.99. The van der Waals surface area contributed by atoms with E-state index in [1.54, 1.807) is 37.3 Å². The molecule has 0 aliphatic rings. The molecule has 1 aromatic carbocycles. The van der Waals surface area contributed by atoms with Gasteiger partial charge >= 0.3 is 0 Å². The summed E-state index contributed by atoms with van der Waals surface area (Å²) in [5, 5.41) is 0. The van der Waals surface area contributed by atoms with E-state index in [4.69, 9.17) is 10.2 Å². The third kappa shape index (κ3) is 2.64. The van der Waals surface area contributed by atoms with Gasteiger partial charge in [0.25, 0.3) is 0 Å². The first-order valence-electron chi connectivity index (χ1n) is 5.76. The lowest BCUT2D eigenvalue weighted by molar-refractivity contribution is 0.406. The third-order valence-electron chi connectivity index (χ3n) is 2.87. The number of furan rings is 1. The SMILES string of the molecule is Cc1cccc(N)c1S(=O)(=O)N(C)Cc1ccco1. The van der Waals surface area contributed by atoms with Crippen LogP contribution in [-0.4, -0.2) is 19.8 Å². The molecule has 1 heterocycles. The maximum Gasteiger partial charge on any atom is 0.245 e. The topological polar surface area (TPSA) is 76.5 Å². The summed E-state index contributed by atoms with van der Waals surface area (Å²) in [5.74, 6) is 0.582. The van der Waals surface area contributed by atoms with Crippen LogP contribution in [0, 0.1) is 6.92 Å². The average Bonchev–Trinajstić information content (AvgIpc) is 2.81. The largest absolute Gasteiger partial charge is 0.468 e. The maximum absolute atomic E-state index is 12.5. The van der Waals surface area contributed by atoms with E-state index in [0.717, 1.165) is 0 Å². The fourth-order valence-corrected chi connectivity index (χ4v) is 3.34. The normalized spacial score (nSPS) is 11.9. The summed E-state index contributed by atoms with van der Waals surface area (Å²) in [7, 11) is -2.12. The first-order valence-corrected chi connectivity index (χ1v) is 7.20. The van der Waals surface area contributed by atoms with Crippen LogP contribution in [0.4, 0.5) is 5.69 Å². The fraction of sp³-hybridized carbons (Fsp3) is 0.231. The van der Waals surface area contributed by atoms with Gasteiger partial charge in [0.15, 0.2) is 0 Å². The number of nitrogen functional groups attached to an aromatic ring is 1. The van der Waals surface area contributed by atoms with Crippen LogP contribution >= 0.6 is 0 Å². The zero-order valence-corrected chi connectivity index (χ0v) is 11.6. The van der Waals surface area contributed by atoms with Gasteiger partial charge in [-0.3, -0.25) is 0 Å². The van der Waals surface area contributed by atoms with Crippen molar-refractivity contribution in [3.05, 3.63) is 47.9 Å². The fourth-order valence-electron chi connectivity index (χ4n) is 1.89. The number of benzene rings is 1. The summed E-state index contributed by atoms with van der Waals surface area (Å²) in [6.07, 6.45) is 1.51. The number of nitrogens with two attached hydrogens (primary N) is 1. The highest BCUT2D eigenvalue weighted by atomic mass is 32.2. The van der Waals surface area contributed by atoms with Gasteiger partial charge in [-0.15, -0.1) is 0 Å². The summed E-state index contributed by atoms with van der Waals surface area (Å²) in [6, 6.07) is 8.49. The summed E-state index contributed by atoms with van der Waals surface area (Å²) in [6.45, 7) is 1.90. The molecule has 0 spiro atoms. The minimum atomic E-state index is -3.63. The van der Waals surface area contributed by atoms with Gasteiger partial charge in [0.2, 0.25) is 10.0 Å². The van der Waals surface area contributed by atoms with Crippen LogP contribution in [0.5, 0.6) is 0 Å². The second-order valence-corrected chi connectivity index (χ2v) is 6.32. The number of nitrogens with zero attached hydrogens (tertiary/aromatic N) is 1. The molecule has 0 saturated carbocycles. The summed E-state index contributed by atoms with van der Waals surface area (Å²) >= 11 is 0. The Morgan fingerprint density at radius 1 is 1.26 bits per heavy atom. The Morgan fingerprint density at radius 3 is 2.58 bits per heavy atom. The van der Waals surface area contributed by atoms with E-state index in [1.165, 1.54) is 17.6 Å². The Bertz CT molecular complexity index is 643. The monoisotopic (exact) mass is 280 g/mol. The van der Waals surface area contributed by atoms with Crippen molar-refractivity contribution in [2.75, 3.05) is 12.8 Å². The molecule has 2 aromatic rings. The summed E-state index contributed by atoms with van der Waals surface area (Å²) in [4.78, 5) is 0.157. The molecule has 0 saturated heterocycles. The van der Waals surface area contributed by atoms with Crippen LogP contribution in [0.1, 0.15) is 11.3 Å². The minimum absolute atomic E-state index is 0.157. The van der Waals surface area contributed by atoms with Gasteiger partial charge in [0.1, 0.15) is 10.7 Å². The van der Waals surface area contributed by atoms with Gasteiger partial charge in [-0.1, -0.05) is 12.1 Å². The van der Waals surface area contributed by atoms with Crippen LogP contribution in [-0.2, 0) is 16.6 Å². The van der Waals surface area contributed by atoms with Crippen molar-refractivity contribution in [3.8, 4) is 0 Å². The molecule has 0 atom stereocenters. The second kappa shape index (κ2) is 5.07. The van der Waals surface area contributed by atoms with E-state index >= 15 is 0 Å². The van der Waals surface area contributed by atoms with Crippen molar-refractivity contribution >= 4 is 15.7 Å². The molecule has 0 unspecified atom stereocenters. The van der Waals surface area contributed by atoms with E-state index in [2.05, 4.69) is 0 Å². The molecule has 102 valence electrons. The van der Waals surface area contributed by atoms with Crippen molar-refractivity contribution in [1.29, 1.82) is 0 Å². The average molecular weight is 280 g/mol. The predicted molar refractivity (Wildman–Crippen MR) is 73.0 cm³/mol. The van der Waals surface area contributed by atoms with Gasteiger partial charge in [0, 0.05) is 7.05 Å². The van der Waals surface area contributed by atoms with Crippen molar-refractivity contribution < 1.29 is 12.8 Å². The smallest absolute Gasteiger partial charge is 0.245 e. The zero-order chi connectivity index (χ0) is 14.0. The van der Waals surface area contributed by atoms with E-state index in [0.29, 0.717) is 11.3 Å². The Kier molecular flexibility index (Phi) is 3.64. The number of rotatable bonds is 4. The quantitative estimate of drug-likeness (QED) is 0.869. The molecule has 0 aliphatic carbocycles. The number of aryl methyl sites for hydroxylation is 1. The van der Waals surface area contributed by atoms with E-state index < -0.39 is 10.0 Å². The maximum atomic E-state index is 12.5. The highest BCUT2D eigenvalue weighted by Crippen LogP contribution is 2.26. The van der Waals surface area contributed by atoms with Crippen molar-refractivity contribution in [1.82, 2.24) is 4.31 Å². The van der Waals surface area contributed by atoms with Gasteiger partial charge in [0.05, 0.1) is 18.5 Å². The van der Waals surface area contributed by atoms with Crippen LogP contribution < -0.4 is 5.73 Å². The first kappa shape index (κ1) is 13.6. The molecule has 2 rings (SSSR count). The second-order valence-electron chi connectivity index (χ2n) is 4.33. The van der Waals surface area contributed by atoms with Crippen LogP contribution in [0.15, 0.2) is 45.9 Å². The van der Waals surface area contributed by atoms with Crippen molar-refractivity contribution in [3.63, 3.8) is 0 Å². The lowest BCUT2D eigenvalue weighted by Crippen LogP contribution is -2.27. The van der Waals surface area contributed by atoms with Crippen molar-refractivity contribution in [2.45, 2.75) is 18.4 Å². The number of anilines is 1. The van der Waals surface area contributed by atoms with Gasteiger partial charge < -0.3 is 10.2 Å². The summed E-state index contributed by atoms with van der Waals surface area (Å²) in [5.41, 5.74) is 6.68. The molecule has 0 aliphatic heterocycles. The molecule has 6 heteroatoms. The molecule has 5 nitrogen and oxygen atoms in total. The molecule has 0 amide bonds. The number of hydrogen-bond acceptors (Lipinski definition) is 4. The molecule has 0 fully saturated rings. The Labute approximate surface area is 112 Å². The Hall–Kier alpha value is -1.79. The molecular weight excluding hydrogens is 264 g/mol. The molecule has 0 radical (unpaired) electrons. The Morgan fingerprint density at radius 2 is 2.00 bits per heavy atom. The Balaban J connectivity index is 2.37. The highest BCUT2D eigenvalue weighted by Gasteiger charge is 2.25. The molecule has 1 aromatic heterocycles. The molecule has 19 heavy (non-hydrogen) atoms. The lowest BCUT2D eigenvalue weighted by Gasteiger charge is -2.18. The van der Waals surface area contributed by atoms with Gasteiger partial charge in [-0.25, -0.2) is 8.42 Å². The van der Waals surface area contributed by atoms with Gasteiger partial charge in [-0.05, 0) is 30.7 Å². The third-order valence-corrected chi connectivity index (χ3v) is 4.89.